The summed E-state index contributed by atoms with van der Waals surface area (Å²) in [4.78, 5) is 19.1. The fraction of sp³-hybridized carbons (Fsp3) is 0.571. The summed E-state index contributed by atoms with van der Waals surface area (Å²) >= 11 is 0. The number of ether oxygens (including phenoxy) is 2. The molecule has 30 heavy (non-hydrogen) atoms. The molecule has 3 aliphatic rings. The largest absolute Gasteiger partial charge is 0.454 e. The Hall–Kier alpha value is -2.81. The third kappa shape index (κ3) is 3.94. The number of likely N-dealkylation sites (tertiary alicyclic amines) is 1. The second-order valence-electron chi connectivity index (χ2n) is 8.36. The summed E-state index contributed by atoms with van der Waals surface area (Å²) in [6, 6.07) is 5.84. The van der Waals surface area contributed by atoms with Crippen LogP contribution >= 0.6 is 0 Å². The zero-order valence-electron chi connectivity index (χ0n) is 17.1. The van der Waals surface area contributed by atoms with Crippen molar-refractivity contribution in [3.63, 3.8) is 0 Å². The molecule has 0 unspecified atom stereocenters. The minimum Gasteiger partial charge on any atom is -0.454 e. The number of aromatic nitrogens is 2. The van der Waals surface area contributed by atoms with Gasteiger partial charge in [-0.1, -0.05) is 24.4 Å². The second-order valence-corrected chi connectivity index (χ2v) is 8.36. The first-order chi connectivity index (χ1) is 14.7. The molecule has 0 spiro atoms. The first-order valence-electron chi connectivity index (χ1n) is 10.7. The molecule has 1 saturated heterocycles. The van der Waals surface area contributed by atoms with Crippen LogP contribution in [0.4, 0.5) is 4.79 Å². The summed E-state index contributed by atoms with van der Waals surface area (Å²) in [5.41, 5.74) is 0.816. The third-order valence-corrected chi connectivity index (χ3v) is 6.18. The Morgan fingerprint density at radius 1 is 1.10 bits per heavy atom. The van der Waals surface area contributed by atoms with Crippen molar-refractivity contribution >= 4 is 6.03 Å². The maximum Gasteiger partial charge on any atom is 0.315 e. The van der Waals surface area contributed by atoms with Crippen LogP contribution in [0.1, 0.15) is 50.5 Å². The van der Waals surface area contributed by atoms with Gasteiger partial charge in [0.25, 0.3) is 0 Å². The van der Waals surface area contributed by atoms with Crippen molar-refractivity contribution in [2.45, 2.75) is 56.7 Å². The topological polar surface area (TPSA) is 102 Å². The van der Waals surface area contributed by atoms with Crippen molar-refractivity contribution < 1.29 is 18.8 Å². The molecule has 3 heterocycles. The SMILES string of the molecule is CN1C[C@@H](NC(=O)NC2CCCCC2)C[C@H]1c1nc(-c2ccc3c(c2)OCO3)no1. The van der Waals surface area contributed by atoms with E-state index in [-0.39, 0.29) is 24.9 Å². The van der Waals surface area contributed by atoms with Gasteiger partial charge in [-0.15, -0.1) is 0 Å². The van der Waals surface area contributed by atoms with E-state index < -0.39 is 0 Å². The van der Waals surface area contributed by atoms with E-state index in [4.69, 9.17) is 14.0 Å². The summed E-state index contributed by atoms with van der Waals surface area (Å²) in [5.74, 6) is 2.48. The maximum atomic E-state index is 12.4. The van der Waals surface area contributed by atoms with Gasteiger partial charge in [0.15, 0.2) is 11.5 Å². The fourth-order valence-electron chi connectivity index (χ4n) is 4.58. The number of carbonyl (C=O) groups excluding carboxylic acids is 1. The Labute approximate surface area is 175 Å². The summed E-state index contributed by atoms with van der Waals surface area (Å²) in [6.07, 6.45) is 6.55. The molecular formula is C21H27N5O4. The molecule has 1 saturated carbocycles. The molecule has 1 aromatic heterocycles. The summed E-state index contributed by atoms with van der Waals surface area (Å²) in [7, 11) is 2.01. The van der Waals surface area contributed by atoms with Gasteiger partial charge in [-0.25, -0.2) is 4.79 Å². The molecule has 2 fully saturated rings. The van der Waals surface area contributed by atoms with Crippen LogP contribution in [0.5, 0.6) is 11.5 Å². The van der Waals surface area contributed by atoms with Gasteiger partial charge >= 0.3 is 6.03 Å². The van der Waals surface area contributed by atoms with Gasteiger partial charge < -0.3 is 24.6 Å². The molecule has 1 aliphatic carbocycles. The van der Waals surface area contributed by atoms with Crippen LogP contribution in [-0.2, 0) is 0 Å². The number of rotatable bonds is 4. The highest BCUT2D eigenvalue weighted by atomic mass is 16.7. The van der Waals surface area contributed by atoms with E-state index in [0.29, 0.717) is 23.5 Å². The minimum atomic E-state index is -0.0764. The second kappa shape index (κ2) is 8.14. The van der Waals surface area contributed by atoms with E-state index in [0.717, 1.165) is 37.1 Å². The Kier molecular flexibility index (Phi) is 5.20. The number of amides is 2. The van der Waals surface area contributed by atoms with Gasteiger partial charge in [-0.05, 0) is 44.5 Å². The number of nitrogens with zero attached hydrogens (tertiary/aromatic N) is 3. The highest BCUT2D eigenvalue weighted by Gasteiger charge is 2.35. The van der Waals surface area contributed by atoms with Crippen molar-refractivity contribution in [1.29, 1.82) is 0 Å². The van der Waals surface area contributed by atoms with Crippen LogP contribution in [0.3, 0.4) is 0 Å². The molecule has 160 valence electrons. The Bertz CT molecular complexity index is 911. The highest BCUT2D eigenvalue weighted by molar-refractivity contribution is 5.74. The van der Waals surface area contributed by atoms with Crippen LogP contribution in [0.15, 0.2) is 22.7 Å². The predicted octanol–water partition coefficient (Wildman–Crippen LogP) is 2.84. The van der Waals surface area contributed by atoms with Crippen LogP contribution in [0.25, 0.3) is 11.4 Å². The minimum absolute atomic E-state index is 0.0276. The summed E-state index contributed by atoms with van der Waals surface area (Å²) in [5, 5.41) is 10.4. The summed E-state index contributed by atoms with van der Waals surface area (Å²) < 4.78 is 16.3. The fourth-order valence-corrected chi connectivity index (χ4v) is 4.58. The van der Waals surface area contributed by atoms with Gasteiger partial charge in [0.05, 0.1) is 6.04 Å². The number of carbonyl (C=O) groups is 1. The van der Waals surface area contributed by atoms with E-state index in [1.54, 1.807) is 0 Å². The first kappa shape index (κ1) is 19.2. The standard InChI is InChI=1S/C21H27N5O4/c1-26-11-15(23-21(27)22-14-5-3-2-4-6-14)10-16(26)20-24-19(25-30-20)13-7-8-17-18(9-13)29-12-28-17/h7-9,14-16H,2-6,10-12H2,1H3,(H2,22,23,27)/t15-,16-/m0/s1. The monoisotopic (exact) mass is 413 g/mol. The van der Waals surface area contributed by atoms with Gasteiger partial charge in [-0.3, -0.25) is 4.90 Å². The van der Waals surface area contributed by atoms with E-state index in [9.17, 15) is 4.79 Å². The number of hydrogen-bond donors (Lipinski definition) is 2. The molecule has 0 bridgehead atoms. The molecule has 2 amide bonds. The van der Waals surface area contributed by atoms with Gasteiger partial charge in [0.2, 0.25) is 18.5 Å². The van der Waals surface area contributed by atoms with E-state index >= 15 is 0 Å². The normalized spacial score (nSPS) is 24.2. The van der Waals surface area contributed by atoms with Gasteiger partial charge in [-0.2, -0.15) is 4.98 Å². The summed E-state index contributed by atoms with van der Waals surface area (Å²) in [6.45, 7) is 0.969. The molecule has 9 heteroatoms. The zero-order chi connectivity index (χ0) is 20.5. The molecule has 1 aromatic carbocycles. The van der Waals surface area contributed by atoms with E-state index in [1.807, 2.05) is 25.2 Å². The first-order valence-corrected chi connectivity index (χ1v) is 10.7. The average molecular weight is 413 g/mol. The van der Waals surface area contributed by atoms with Crippen LogP contribution in [0.2, 0.25) is 0 Å². The smallest absolute Gasteiger partial charge is 0.315 e. The number of likely N-dealkylation sites (N-methyl/N-ethyl adjacent to an activating group) is 1. The molecule has 2 aliphatic heterocycles. The van der Waals surface area contributed by atoms with Crippen LogP contribution in [-0.4, -0.2) is 53.5 Å². The molecule has 0 radical (unpaired) electrons. The highest BCUT2D eigenvalue weighted by Crippen LogP contribution is 2.36. The molecule has 2 aromatic rings. The zero-order valence-corrected chi connectivity index (χ0v) is 17.1. The lowest BCUT2D eigenvalue weighted by Gasteiger charge is -2.24. The van der Waals surface area contributed by atoms with Crippen molar-refractivity contribution in [3.05, 3.63) is 24.1 Å². The van der Waals surface area contributed by atoms with Crippen molar-refractivity contribution in [3.8, 4) is 22.9 Å². The Balaban J connectivity index is 1.21. The number of nitrogens with one attached hydrogen (secondary N) is 2. The predicted molar refractivity (Wildman–Crippen MR) is 108 cm³/mol. The molecule has 9 nitrogen and oxygen atoms in total. The van der Waals surface area contributed by atoms with Gasteiger partial charge in [0.1, 0.15) is 0 Å². The number of urea groups is 1. The molecule has 5 rings (SSSR count). The lowest BCUT2D eigenvalue weighted by atomic mass is 9.96. The molecular weight excluding hydrogens is 386 g/mol. The Morgan fingerprint density at radius 3 is 2.77 bits per heavy atom. The third-order valence-electron chi connectivity index (χ3n) is 6.18. The van der Waals surface area contributed by atoms with E-state index in [1.165, 1.54) is 19.3 Å². The van der Waals surface area contributed by atoms with Crippen LogP contribution < -0.4 is 20.1 Å². The molecule has 2 N–H and O–H groups in total. The lowest BCUT2D eigenvalue weighted by Crippen LogP contribution is -2.47. The average Bonchev–Trinajstić information content (AvgIpc) is 3.47. The van der Waals surface area contributed by atoms with Crippen LogP contribution in [0, 0.1) is 0 Å². The van der Waals surface area contributed by atoms with Gasteiger partial charge in [0, 0.05) is 24.2 Å². The maximum absolute atomic E-state index is 12.4. The molecule has 2 atom stereocenters. The van der Waals surface area contributed by atoms with Crippen molar-refractivity contribution in [2.75, 3.05) is 20.4 Å². The van der Waals surface area contributed by atoms with Crippen molar-refractivity contribution in [1.82, 2.24) is 25.7 Å². The Morgan fingerprint density at radius 2 is 1.90 bits per heavy atom. The van der Waals surface area contributed by atoms with Crippen molar-refractivity contribution in [2.24, 2.45) is 0 Å². The lowest BCUT2D eigenvalue weighted by molar-refractivity contribution is 0.174. The number of hydrogen-bond acceptors (Lipinski definition) is 7. The quantitative estimate of drug-likeness (QED) is 0.795. The van der Waals surface area contributed by atoms with E-state index in [2.05, 4.69) is 25.7 Å². The number of fused-ring (bicyclic) bond motifs is 1. The number of benzene rings is 1.